The van der Waals surface area contributed by atoms with Crippen molar-refractivity contribution in [2.45, 2.75) is 24.5 Å². The van der Waals surface area contributed by atoms with Gasteiger partial charge < -0.3 is 0 Å². The van der Waals surface area contributed by atoms with Crippen molar-refractivity contribution in [2.75, 3.05) is 0 Å². The topological polar surface area (TPSA) is 72.8 Å². The van der Waals surface area contributed by atoms with Crippen LogP contribution in [-0.4, -0.2) is 23.4 Å². The molecule has 0 aliphatic carbocycles. The summed E-state index contributed by atoms with van der Waals surface area (Å²) in [4.78, 5) is 12.7. The normalized spacial score (nSPS) is 11.6. The van der Waals surface area contributed by atoms with E-state index in [2.05, 4.69) is 21.0 Å². The summed E-state index contributed by atoms with van der Waals surface area (Å²) in [6.07, 6.45) is 4.56. The van der Waals surface area contributed by atoms with Crippen LogP contribution in [0.2, 0.25) is 0 Å². The Bertz CT molecular complexity index is 1670. The van der Waals surface area contributed by atoms with Crippen LogP contribution in [0.15, 0.2) is 90.3 Å². The Morgan fingerprint density at radius 1 is 0.800 bits per heavy atom. The standard InChI is InChI=1S/C28H22FN3O2S/c1-18-13-20(21-4-8-27(29)19(2)14-21)3-6-25(18)28-26-7-5-24(15-22(26)9-12-31-28)35(33,34)16-23-10-11-30-17-32-23/h3-15,17H,16H2,1-2H3. The van der Waals surface area contributed by atoms with Gasteiger partial charge in [0.15, 0.2) is 9.84 Å². The molecule has 2 aromatic heterocycles. The second-order valence-corrected chi connectivity index (χ2v) is 10.5. The van der Waals surface area contributed by atoms with Crippen LogP contribution >= 0.6 is 0 Å². The van der Waals surface area contributed by atoms with Gasteiger partial charge in [-0.05, 0) is 77.9 Å². The van der Waals surface area contributed by atoms with Crippen LogP contribution in [0.3, 0.4) is 0 Å². The summed E-state index contributed by atoms with van der Waals surface area (Å²) in [5.41, 5.74) is 5.74. The molecule has 7 heteroatoms. The Hall–Kier alpha value is -3.97. The van der Waals surface area contributed by atoms with E-state index in [1.807, 2.05) is 31.2 Å². The number of aryl methyl sites for hydroxylation is 2. The van der Waals surface area contributed by atoms with Crippen molar-refractivity contribution in [1.82, 2.24) is 15.0 Å². The van der Waals surface area contributed by atoms with Gasteiger partial charge in [0.2, 0.25) is 0 Å². The van der Waals surface area contributed by atoms with Crippen molar-refractivity contribution in [3.63, 3.8) is 0 Å². The second kappa shape index (κ2) is 9.00. The Labute approximate surface area is 203 Å². The fraction of sp³-hybridized carbons (Fsp3) is 0.107. The maximum Gasteiger partial charge on any atom is 0.184 e. The monoisotopic (exact) mass is 483 g/mol. The van der Waals surface area contributed by atoms with E-state index in [9.17, 15) is 12.8 Å². The number of hydrogen-bond acceptors (Lipinski definition) is 5. The first-order valence-electron chi connectivity index (χ1n) is 11.1. The van der Waals surface area contributed by atoms with Gasteiger partial charge in [-0.3, -0.25) is 4.98 Å². The van der Waals surface area contributed by atoms with E-state index in [1.54, 1.807) is 43.5 Å². The molecule has 5 nitrogen and oxygen atoms in total. The van der Waals surface area contributed by atoms with Crippen LogP contribution in [0.25, 0.3) is 33.2 Å². The van der Waals surface area contributed by atoms with Gasteiger partial charge in [0, 0.05) is 23.3 Å². The molecule has 0 unspecified atom stereocenters. The summed E-state index contributed by atoms with van der Waals surface area (Å²) in [7, 11) is -3.57. The molecule has 0 fully saturated rings. The molecule has 0 spiro atoms. The smallest absolute Gasteiger partial charge is 0.184 e. The SMILES string of the molecule is Cc1cc(-c2ccc(-c3nccc4cc(S(=O)(=O)Cc5ccncn5)ccc34)c(C)c2)ccc1F. The number of halogens is 1. The van der Waals surface area contributed by atoms with E-state index in [-0.39, 0.29) is 16.5 Å². The summed E-state index contributed by atoms with van der Waals surface area (Å²) < 4.78 is 39.6. The fourth-order valence-corrected chi connectivity index (χ4v) is 5.49. The van der Waals surface area contributed by atoms with Gasteiger partial charge in [-0.25, -0.2) is 22.8 Å². The zero-order valence-electron chi connectivity index (χ0n) is 19.2. The van der Waals surface area contributed by atoms with Crippen LogP contribution in [0.5, 0.6) is 0 Å². The number of hydrogen-bond donors (Lipinski definition) is 0. The molecule has 174 valence electrons. The van der Waals surface area contributed by atoms with Crippen LogP contribution < -0.4 is 0 Å². The zero-order chi connectivity index (χ0) is 24.6. The molecule has 0 aliphatic heterocycles. The molecule has 0 saturated heterocycles. The van der Waals surface area contributed by atoms with Crippen molar-refractivity contribution >= 4 is 20.6 Å². The lowest BCUT2D eigenvalue weighted by Gasteiger charge is -2.12. The van der Waals surface area contributed by atoms with Crippen molar-refractivity contribution in [2.24, 2.45) is 0 Å². The highest BCUT2D eigenvalue weighted by molar-refractivity contribution is 7.90. The first kappa shape index (κ1) is 22.8. The highest BCUT2D eigenvalue weighted by Gasteiger charge is 2.18. The van der Waals surface area contributed by atoms with Crippen molar-refractivity contribution in [3.8, 4) is 22.4 Å². The maximum absolute atomic E-state index is 13.7. The van der Waals surface area contributed by atoms with Gasteiger partial charge >= 0.3 is 0 Å². The van der Waals surface area contributed by atoms with Gasteiger partial charge in [0.25, 0.3) is 0 Å². The molecule has 3 aromatic carbocycles. The lowest BCUT2D eigenvalue weighted by Crippen LogP contribution is -2.06. The van der Waals surface area contributed by atoms with E-state index in [0.29, 0.717) is 11.3 Å². The first-order valence-corrected chi connectivity index (χ1v) is 12.7. The van der Waals surface area contributed by atoms with E-state index in [4.69, 9.17) is 0 Å². The highest BCUT2D eigenvalue weighted by Crippen LogP contribution is 2.33. The van der Waals surface area contributed by atoms with Crippen molar-refractivity contribution < 1.29 is 12.8 Å². The summed E-state index contributed by atoms with van der Waals surface area (Å²) in [5, 5.41) is 1.65. The predicted molar refractivity (Wildman–Crippen MR) is 135 cm³/mol. The third kappa shape index (κ3) is 4.55. The molecule has 0 aliphatic rings. The molecular formula is C28H22FN3O2S. The lowest BCUT2D eigenvalue weighted by atomic mass is 9.95. The Morgan fingerprint density at radius 2 is 1.57 bits per heavy atom. The van der Waals surface area contributed by atoms with Gasteiger partial charge in [-0.15, -0.1) is 0 Å². The third-order valence-corrected chi connectivity index (χ3v) is 7.70. The molecular weight excluding hydrogens is 461 g/mol. The number of pyridine rings is 1. The maximum atomic E-state index is 13.7. The van der Waals surface area contributed by atoms with Gasteiger partial charge in [-0.2, -0.15) is 0 Å². The molecule has 0 bridgehead atoms. The number of aromatic nitrogens is 3. The van der Waals surface area contributed by atoms with Crippen molar-refractivity contribution in [3.05, 3.63) is 108 Å². The Morgan fingerprint density at radius 3 is 2.29 bits per heavy atom. The largest absolute Gasteiger partial charge is 0.256 e. The molecule has 5 rings (SSSR count). The van der Waals surface area contributed by atoms with Gasteiger partial charge in [0.1, 0.15) is 12.1 Å². The summed E-state index contributed by atoms with van der Waals surface area (Å²) >= 11 is 0. The molecule has 35 heavy (non-hydrogen) atoms. The third-order valence-electron chi connectivity index (χ3n) is 6.05. The molecule has 5 aromatic rings. The fourth-order valence-electron chi connectivity index (χ4n) is 4.18. The van der Waals surface area contributed by atoms with E-state index < -0.39 is 9.84 Å². The first-order chi connectivity index (χ1) is 16.8. The number of rotatable bonds is 5. The van der Waals surface area contributed by atoms with E-state index in [0.717, 1.165) is 38.7 Å². The van der Waals surface area contributed by atoms with Crippen LogP contribution in [0.1, 0.15) is 16.8 Å². The van der Waals surface area contributed by atoms with E-state index >= 15 is 0 Å². The summed E-state index contributed by atoms with van der Waals surface area (Å²) in [6.45, 7) is 3.76. The average Bonchev–Trinajstić information content (AvgIpc) is 2.85. The highest BCUT2D eigenvalue weighted by atomic mass is 32.2. The van der Waals surface area contributed by atoms with Crippen LogP contribution in [-0.2, 0) is 15.6 Å². The molecule has 0 radical (unpaired) electrons. The zero-order valence-corrected chi connectivity index (χ0v) is 20.1. The molecule has 0 N–H and O–H groups in total. The quantitative estimate of drug-likeness (QED) is 0.303. The summed E-state index contributed by atoms with van der Waals surface area (Å²) in [6, 6.07) is 19.7. The molecule has 0 saturated carbocycles. The van der Waals surface area contributed by atoms with Crippen molar-refractivity contribution in [1.29, 1.82) is 0 Å². The summed E-state index contributed by atoms with van der Waals surface area (Å²) in [5.74, 6) is -0.414. The van der Waals surface area contributed by atoms with Gasteiger partial charge in [0.05, 0.1) is 22.0 Å². The second-order valence-electron chi connectivity index (χ2n) is 8.50. The molecule has 0 amide bonds. The Balaban J connectivity index is 1.52. The molecule has 0 atom stereocenters. The number of fused-ring (bicyclic) bond motifs is 1. The number of sulfone groups is 1. The minimum absolute atomic E-state index is 0.192. The number of benzene rings is 3. The van der Waals surface area contributed by atoms with Crippen LogP contribution in [0.4, 0.5) is 4.39 Å². The van der Waals surface area contributed by atoms with E-state index in [1.165, 1.54) is 18.6 Å². The molecule has 2 heterocycles. The predicted octanol–water partition coefficient (Wildman–Crippen LogP) is 6.09. The average molecular weight is 484 g/mol. The minimum Gasteiger partial charge on any atom is -0.256 e. The minimum atomic E-state index is -3.57. The Kier molecular flexibility index (Phi) is 5.86. The van der Waals surface area contributed by atoms with Crippen LogP contribution in [0, 0.1) is 19.7 Å². The van der Waals surface area contributed by atoms with Gasteiger partial charge in [-0.1, -0.05) is 30.3 Å². The lowest BCUT2D eigenvalue weighted by molar-refractivity contribution is 0.594. The number of nitrogens with zero attached hydrogens (tertiary/aromatic N) is 3.